The highest BCUT2D eigenvalue weighted by atomic mass is 19.1. The van der Waals surface area contributed by atoms with Crippen LogP contribution in [-0.4, -0.2) is 39.1 Å². The van der Waals surface area contributed by atoms with E-state index in [1.165, 1.54) is 59.3 Å². The van der Waals surface area contributed by atoms with Crippen molar-refractivity contribution in [2.75, 3.05) is 0 Å². The summed E-state index contributed by atoms with van der Waals surface area (Å²) in [5.74, 6) is -2.29. The van der Waals surface area contributed by atoms with Crippen LogP contribution in [0.15, 0.2) is 54.7 Å². The molecule has 0 saturated heterocycles. The van der Waals surface area contributed by atoms with Crippen molar-refractivity contribution in [2.24, 2.45) is 0 Å². The Kier molecular flexibility index (Phi) is 7.38. The second-order valence-electron chi connectivity index (χ2n) is 9.18. The molecule has 1 heterocycles. The van der Waals surface area contributed by atoms with Gasteiger partial charge in [-0.05, 0) is 77.1 Å². The van der Waals surface area contributed by atoms with E-state index in [0.717, 1.165) is 11.1 Å². The van der Waals surface area contributed by atoms with Crippen molar-refractivity contribution in [1.29, 1.82) is 0 Å². The second kappa shape index (κ2) is 10.1. The Balaban J connectivity index is 1.89. The fourth-order valence-corrected chi connectivity index (χ4v) is 3.31. The molecule has 2 aromatic carbocycles. The number of hydrogen-bond donors (Lipinski definition) is 1. The maximum absolute atomic E-state index is 13.9. The molecule has 3 rings (SSSR count). The molecule has 35 heavy (non-hydrogen) atoms. The molecule has 0 aliphatic carbocycles. The van der Waals surface area contributed by atoms with Gasteiger partial charge in [-0.25, -0.2) is 18.6 Å². The van der Waals surface area contributed by atoms with Gasteiger partial charge in [0.25, 0.3) is 11.8 Å². The van der Waals surface area contributed by atoms with Gasteiger partial charge < -0.3 is 4.74 Å². The first-order chi connectivity index (χ1) is 16.4. The monoisotopic (exact) mass is 483 g/mol. The summed E-state index contributed by atoms with van der Waals surface area (Å²) in [6.45, 7) is 8.56. The number of hydrogen-bond acceptors (Lipinski definition) is 4. The van der Waals surface area contributed by atoms with E-state index in [1.807, 2.05) is 0 Å². The Labute approximate surface area is 201 Å². The van der Waals surface area contributed by atoms with E-state index in [4.69, 9.17) is 4.74 Å². The van der Waals surface area contributed by atoms with Crippen molar-refractivity contribution in [3.05, 3.63) is 77.5 Å². The summed E-state index contributed by atoms with van der Waals surface area (Å²) >= 11 is 0. The molecule has 0 bridgehead atoms. The molecule has 9 heteroatoms. The predicted molar refractivity (Wildman–Crippen MR) is 128 cm³/mol. The summed E-state index contributed by atoms with van der Waals surface area (Å²) in [6.07, 6.45) is 3.45. The van der Waals surface area contributed by atoms with Crippen LogP contribution in [0, 0.1) is 11.6 Å². The number of benzene rings is 2. The van der Waals surface area contributed by atoms with Crippen molar-refractivity contribution in [2.45, 2.75) is 46.3 Å². The van der Waals surface area contributed by atoms with Gasteiger partial charge in [0.05, 0.1) is 5.52 Å². The zero-order valence-corrected chi connectivity index (χ0v) is 20.1. The number of hydrazine groups is 1. The first kappa shape index (κ1) is 25.6. The van der Waals surface area contributed by atoms with Crippen LogP contribution in [-0.2, 0) is 9.53 Å². The average Bonchev–Trinajstić information content (AvgIpc) is 3.12. The number of nitrogens with one attached hydrogen (secondary N) is 1. The third-order valence-electron chi connectivity index (χ3n) is 4.86. The Hall–Kier alpha value is -4.01. The predicted octanol–water partition coefficient (Wildman–Crippen LogP) is 5.30. The van der Waals surface area contributed by atoms with Crippen molar-refractivity contribution < 1.29 is 27.9 Å². The van der Waals surface area contributed by atoms with Crippen LogP contribution in [0.25, 0.3) is 17.0 Å². The Morgan fingerprint density at radius 3 is 2.37 bits per heavy atom. The van der Waals surface area contributed by atoms with Crippen LogP contribution in [0.1, 0.15) is 50.5 Å². The molecule has 1 N–H and O–H groups in total. The highest BCUT2D eigenvalue weighted by Crippen LogP contribution is 2.25. The highest BCUT2D eigenvalue weighted by molar-refractivity contribution is 6.01. The van der Waals surface area contributed by atoms with E-state index >= 15 is 0 Å². The average molecular weight is 484 g/mol. The number of fused-ring (bicyclic) bond motifs is 1. The molecular weight excluding hydrogens is 456 g/mol. The third-order valence-corrected chi connectivity index (χ3v) is 4.86. The first-order valence-corrected chi connectivity index (χ1v) is 11.0. The molecule has 0 atom stereocenters. The topological polar surface area (TPSA) is 80.6 Å². The minimum absolute atomic E-state index is 0.0647. The van der Waals surface area contributed by atoms with Gasteiger partial charge in [0.15, 0.2) is 0 Å². The lowest BCUT2D eigenvalue weighted by Gasteiger charge is -2.25. The maximum Gasteiger partial charge on any atom is 0.419 e. The number of aromatic nitrogens is 1. The minimum atomic E-state index is -0.759. The van der Waals surface area contributed by atoms with Crippen molar-refractivity contribution in [1.82, 2.24) is 15.0 Å². The molecule has 0 spiro atoms. The molecule has 3 aromatic rings. The molecule has 1 aromatic heterocycles. The quantitative estimate of drug-likeness (QED) is 0.404. The van der Waals surface area contributed by atoms with Crippen LogP contribution in [0.2, 0.25) is 0 Å². The summed E-state index contributed by atoms with van der Waals surface area (Å²) in [5.41, 5.74) is 2.55. The molecule has 184 valence electrons. The van der Waals surface area contributed by atoms with Gasteiger partial charge >= 0.3 is 6.09 Å². The summed E-state index contributed by atoms with van der Waals surface area (Å²) in [4.78, 5) is 38.1. The minimum Gasteiger partial charge on any atom is -0.443 e. The van der Waals surface area contributed by atoms with Crippen LogP contribution >= 0.6 is 0 Å². The van der Waals surface area contributed by atoms with E-state index in [2.05, 4.69) is 5.43 Å². The largest absolute Gasteiger partial charge is 0.443 e. The lowest BCUT2D eigenvalue weighted by atomic mass is 10.1. The number of halogens is 2. The number of amides is 2. The van der Waals surface area contributed by atoms with Crippen LogP contribution in [0.5, 0.6) is 0 Å². The normalized spacial score (nSPS) is 11.8. The third kappa shape index (κ3) is 6.32. The standard InChI is InChI=1S/C26H27F2N3O4/c1-16(2)31(29-24(33)17-7-6-8-19(27)13-17)23(32)12-9-18-15-30(25(34)35-26(3,4)5)22-14-20(28)10-11-21(18)22/h6-16H,1-5H3,(H,29,33)/b12-9+. The zero-order valence-electron chi connectivity index (χ0n) is 20.1. The summed E-state index contributed by atoms with van der Waals surface area (Å²) < 4.78 is 34.0. The molecule has 2 amide bonds. The first-order valence-electron chi connectivity index (χ1n) is 11.0. The SMILES string of the molecule is CC(C)N(NC(=O)c1cccc(F)c1)C(=O)/C=C/c1cn(C(=O)OC(C)(C)C)c2cc(F)ccc12. The van der Waals surface area contributed by atoms with Crippen molar-refractivity contribution >= 4 is 34.9 Å². The molecule has 0 saturated carbocycles. The number of rotatable bonds is 4. The second-order valence-corrected chi connectivity index (χ2v) is 9.18. The molecule has 0 aliphatic rings. The number of ether oxygens (including phenoxy) is 1. The van der Waals surface area contributed by atoms with Crippen LogP contribution in [0.4, 0.5) is 13.6 Å². The van der Waals surface area contributed by atoms with E-state index in [-0.39, 0.29) is 11.1 Å². The molecule has 7 nitrogen and oxygen atoms in total. The van der Waals surface area contributed by atoms with E-state index in [1.54, 1.807) is 34.6 Å². The fraction of sp³-hybridized carbons (Fsp3) is 0.269. The zero-order chi connectivity index (χ0) is 25.9. The van der Waals surface area contributed by atoms with Gasteiger partial charge in [-0.1, -0.05) is 6.07 Å². The number of carbonyl (C=O) groups excluding carboxylic acids is 3. The highest BCUT2D eigenvalue weighted by Gasteiger charge is 2.22. The van der Waals surface area contributed by atoms with Gasteiger partial charge in [0.1, 0.15) is 17.2 Å². The maximum atomic E-state index is 13.9. The van der Waals surface area contributed by atoms with Gasteiger partial charge in [-0.15, -0.1) is 0 Å². The van der Waals surface area contributed by atoms with E-state index < -0.39 is 41.2 Å². The Bertz CT molecular complexity index is 1310. The summed E-state index contributed by atoms with van der Waals surface area (Å²) in [5, 5.41) is 1.64. The van der Waals surface area contributed by atoms with Gasteiger partial charge in [0, 0.05) is 34.8 Å². The molecule has 0 unspecified atom stereocenters. The van der Waals surface area contributed by atoms with Gasteiger partial charge in [0.2, 0.25) is 0 Å². The van der Waals surface area contributed by atoms with E-state index in [0.29, 0.717) is 10.9 Å². The molecular formula is C26H27F2N3O4. The lowest BCUT2D eigenvalue weighted by Crippen LogP contribution is -2.49. The van der Waals surface area contributed by atoms with Crippen LogP contribution < -0.4 is 5.43 Å². The van der Waals surface area contributed by atoms with Crippen LogP contribution in [0.3, 0.4) is 0 Å². The number of nitrogens with zero attached hydrogens (tertiary/aromatic N) is 2. The molecule has 0 aliphatic heterocycles. The Morgan fingerprint density at radius 1 is 1.06 bits per heavy atom. The molecule has 0 fully saturated rings. The lowest BCUT2D eigenvalue weighted by molar-refractivity contribution is -0.130. The van der Waals surface area contributed by atoms with Crippen molar-refractivity contribution in [3.63, 3.8) is 0 Å². The smallest absolute Gasteiger partial charge is 0.419 e. The fourth-order valence-electron chi connectivity index (χ4n) is 3.31. The van der Waals surface area contributed by atoms with E-state index in [9.17, 15) is 23.2 Å². The number of carbonyl (C=O) groups is 3. The summed E-state index contributed by atoms with van der Waals surface area (Å²) in [7, 11) is 0. The summed E-state index contributed by atoms with van der Waals surface area (Å²) in [6, 6.07) is 8.65. The van der Waals surface area contributed by atoms with Gasteiger partial charge in [-0.2, -0.15) is 0 Å². The van der Waals surface area contributed by atoms with Gasteiger partial charge in [-0.3, -0.25) is 19.6 Å². The molecule has 0 radical (unpaired) electrons. The van der Waals surface area contributed by atoms with Crippen molar-refractivity contribution in [3.8, 4) is 0 Å². The Morgan fingerprint density at radius 2 is 1.74 bits per heavy atom.